The van der Waals surface area contributed by atoms with E-state index in [0.29, 0.717) is 32.5 Å². The second kappa shape index (κ2) is 6.99. The van der Waals surface area contributed by atoms with E-state index in [9.17, 15) is 15.0 Å². The molecule has 2 aliphatic rings. The number of aliphatic hydroxyl groups excluding tert-OH is 2. The minimum Gasteiger partial charge on any atom is -0.390 e. The highest BCUT2D eigenvalue weighted by Gasteiger charge is 2.43. The number of aliphatic hydroxyl groups is 2. The Balaban J connectivity index is 1.75. The van der Waals surface area contributed by atoms with Crippen molar-refractivity contribution >= 4 is 5.91 Å². The maximum absolute atomic E-state index is 12.5. The standard InChI is InChI=1S/C18H25NO4/c1-11-3-2-4-13(9-11)14-10-15(20)17(21)16(14)19-18(22)12-5-7-23-8-6-12/h2-4,9,12,14-17,20-21H,5-8,10H2,1H3,(H,19,22). The molecule has 1 aliphatic heterocycles. The van der Waals surface area contributed by atoms with Crippen LogP contribution in [0.2, 0.25) is 0 Å². The zero-order valence-corrected chi connectivity index (χ0v) is 13.4. The summed E-state index contributed by atoms with van der Waals surface area (Å²) in [5.74, 6) is -0.167. The number of rotatable bonds is 3. The molecule has 1 heterocycles. The van der Waals surface area contributed by atoms with E-state index in [1.54, 1.807) is 0 Å². The second-order valence-electron chi connectivity index (χ2n) is 6.74. The fourth-order valence-corrected chi connectivity index (χ4v) is 3.70. The van der Waals surface area contributed by atoms with E-state index in [1.807, 2.05) is 25.1 Å². The molecule has 23 heavy (non-hydrogen) atoms. The highest BCUT2D eigenvalue weighted by Crippen LogP contribution is 2.36. The van der Waals surface area contributed by atoms with Gasteiger partial charge in [-0.2, -0.15) is 0 Å². The van der Waals surface area contributed by atoms with Gasteiger partial charge in [0.15, 0.2) is 0 Å². The minimum atomic E-state index is -0.927. The Morgan fingerprint density at radius 2 is 2.00 bits per heavy atom. The van der Waals surface area contributed by atoms with Crippen molar-refractivity contribution in [2.75, 3.05) is 13.2 Å². The summed E-state index contributed by atoms with van der Waals surface area (Å²) in [7, 11) is 0. The Morgan fingerprint density at radius 1 is 1.26 bits per heavy atom. The van der Waals surface area contributed by atoms with E-state index >= 15 is 0 Å². The quantitative estimate of drug-likeness (QED) is 0.780. The molecule has 4 unspecified atom stereocenters. The van der Waals surface area contributed by atoms with Crippen LogP contribution < -0.4 is 5.32 Å². The summed E-state index contributed by atoms with van der Waals surface area (Å²) in [6.45, 7) is 3.23. The fraction of sp³-hybridized carbons (Fsp3) is 0.611. The van der Waals surface area contributed by atoms with Gasteiger partial charge in [0.1, 0.15) is 6.10 Å². The molecule has 0 bridgehead atoms. The summed E-state index contributed by atoms with van der Waals surface area (Å²) >= 11 is 0. The zero-order chi connectivity index (χ0) is 16.4. The minimum absolute atomic E-state index is 0.0379. The molecule has 3 N–H and O–H groups in total. The average Bonchev–Trinajstić information content (AvgIpc) is 2.84. The molecule has 4 atom stereocenters. The van der Waals surface area contributed by atoms with Crippen molar-refractivity contribution in [3.63, 3.8) is 0 Å². The largest absolute Gasteiger partial charge is 0.390 e. The Hall–Kier alpha value is -1.43. The van der Waals surface area contributed by atoms with E-state index in [-0.39, 0.29) is 17.7 Å². The van der Waals surface area contributed by atoms with Crippen LogP contribution in [0.25, 0.3) is 0 Å². The van der Waals surface area contributed by atoms with Gasteiger partial charge in [-0.3, -0.25) is 4.79 Å². The molecular weight excluding hydrogens is 294 g/mol. The van der Waals surface area contributed by atoms with Crippen molar-refractivity contribution in [3.8, 4) is 0 Å². The lowest BCUT2D eigenvalue weighted by Crippen LogP contribution is -2.48. The van der Waals surface area contributed by atoms with Crippen LogP contribution in [0.15, 0.2) is 24.3 Å². The molecule has 1 amide bonds. The zero-order valence-electron chi connectivity index (χ0n) is 13.4. The van der Waals surface area contributed by atoms with Gasteiger partial charge in [0.25, 0.3) is 0 Å². The van der Waals surface area contributed by atoms with Crippen LogP contribution in [0.4, 0.5) is 0 Å². The van der Waals surface area contributed by atoms with Gasteiger partial charge in [-0.25, -0.2) is 0 Å². The molecule has 1 saturated carbocycles. The predicted molar refractivity (Wildman–Crippen MR) is 86.0 cm³/mol. The van der Waals surface area contributed by atoms with Gasteiger partial charge in [0, 0.05) is 25.0 Å². The number of nitrogens with one attached hydrogen (secondary N) is 1. The fourth-order valence-electron chi connectivity index (χ4n) is 3.70. The number of carbonyl (C=O) groups excluding carboxylic acids is 1. The van der Waals surface area contributed by atoms with Crippen molar-refractivity contribution in [1.29, 1.82) is 0 Å². The number of amides is 1. The lowest BCUT2D eigenvalue weighted by Gasteiger charge is -2.28. The Labute approximate surface area is 136 Å². The molecule has 1 aromatic carbocycles. The van der Waals surface area contributed by atoms with Crippen LogP contribution in [0.3, 0.4) is 0 Å². The molecule has 2 fully saturated rings. The molecule has 0 radical (unpaired) electrons. The van der Waals surface area contributed by atoms with Crippen LogP contribution in [0.1, 0.15) is 36.3 Å². The van der Waals surface area contributed by atoms with Crippen LogP contribution >= 0.6 is 0 Å². The van der Waals surface area contributed by atoms with Gasteiger partial charge in [-0.05, 0) is 31.7 Å². The van der Waals surface area contributed by atoms with Gasteiger partial charge in [0.05, 0.1) is 12.1 Å². The van der Waals surface area contributed by atoms with E-state index in [1.165, 1.54) is 0 Å². The van der Waals surface area contributed by atoms with E-state index in [4.69, 9.17) is 4.74 Å². The van der Waals surface area contributed by atoms with Crippen LogP contribution in [-0.2, 0) is 9.53 Å². The van der Waals surface area contributed by atoms with Gasteiger partial charge in [0.2, 0.25) is 5.91 Å². The third kappa shape index (κ3) is 3.57. The SMILES string of the molecule is Cc1cccc(C2CC(O)C(O)C2NC(=O)C2CCOCC2)c1. The predicted octanol–water partition coefficient (Wildman–Crippen LogP) is 1.12. The highest BCUT2D eigenvalue weighted by molar-refractivity contribution is 5.79. The molecule has 0 aromatic heterocycles. The lowest BCUT2D eigenvalue weighted by molar-refractivity contribution is -0.129. The van der Waals surface area contributed by atoms with Crippen molar-refractivity contribution < 1.29 is 19.7 Å². The Bertz CT molecular complexity index is 556. The van der Waals surface area contributed by atoms with Crippen LogP contribution in [0, 0.1) is 12.8 Å². The van der Waals surface area contributed by atoms with E-state index in [0.717, 1.165) is 11.1 Å². The van der Waals surface area contributed by atoms with E-state index < -0.39 is 18.2 Å². The third-order valence-corrected chi connectivity index (χ3v) is 5.06. The number of ether oxygens (including phenoxy) is 1. The topological polar surface area (TPSA) is 78.8 Å². The molecule has 1 aliphatic carbocycles. The molecular formula is C18H25NO4. The third-order valence-electron chi connectivity index (χ3n) is 5.06. The molecule has 0 spiro atoms. The first kappa shape index (κ1) is 16.4. The van der Waals surface area contributed by atoms with Crippen LogP contribution in [-0.4, -0.2) is 47.6 Å². The second-order valence-corrected chi connectivity index (χ2v) is 6.74. The summed E-state index contributed by atoms with van der Waals surface area (Å²) in [5.41, 5.74) is 2.19. The average molecular weight is 319 g/mol. The van der Waals surface area contributed by atoms with Crippen molar-refractivity contribution in [2.45, 2.75) is 50.4 Å². The maximum atomic E-state index is 12.5. The maximum Gasteiger partial charge on any atom is 0.223 e. The normalized spacial score (nSPS) is 32.0. The number of carbonyl (C=O) groups is 1. The number of hydrogen-bond acceptors (Lipinski definition) is 4. The lowest BCUT2D eigenvalue weighted by atomic mass is 9.91. The molecule has 5 heteroatoms. The molecule has 5 nitrogen and oxygen atoms in total. The van der Waals surface area contributed by atoms with Gasteiger partial charge in [-0.1, -0.05) is 29.8 Å². The summed E-state index contributed by atoms with van der Waals surface area (Å²) in [6.07, 6.45) is 0.159. The number of aryl methyl sites for hydroxylation is 1. The number of benzene rings is 1. The van der Waals surface area contributed by atoms with E-state index in [2.05, 4.69) is 11.4 Å². The first-order chi connectivity index (χ1) is 11.1. The first-order valence-electron chi connectivity index (χ1n) is 8.37. The van der Waals surface area contributed by atoms with Gasteiger partial charge in [-0.15, -0.1) is 0 Å². The van der Waals surface area contributed by atoms with Crippen LogP contribution in [0.5, 0.6) is 0 Å². The summed E-state index contributed by atoms with van der Waals surface area (Å²) < 4.78 is 5.29. The Kier molecular flexibility index (Phi) is 4.99. The smallest absolute Gasteiger partial charge is 0.223 e. The molecule has 126 valence electrons. The molecule has 3 rings (SSSR count). The van der Waals surface area contributed by atoms with Crippen molar-refractivity contribution in [3.05, 3.63) is 35.4 Å². The first-order valence-corrected chi connectivity index (χ1v) is 8.37. The summed E-state index contributed by atoms with van der Waals surface area (Å²) in [4.78, 5) is 12.5. The molecule has 1 saturated heterocycles. The van der Waals surface area contributed by atoms with Gasteiger partial charge < -0.3 is 20.3 Å². The summed E-state index contributed by atoms with van der Waals surface area (Å²) in [5, 5.41) is 23.4. The molecule has 1 aromatic rings. The highest BCUT2D eigenvalue weighted by atomic mass is 16.5. The monoisotopic (exact) mass is 319 g/mol. The van der Waals surface area contributed by atoms with Crippen molar-refractivity contribution in [2.24, 2.45) is 5.92 Å². The number of hydrogen-bond donors (Lipinski definition) is 3. The Morgan fingerprint density at radius 3 is 2.70 bits per heavy atom. The van der Waals surface area contributed by atoms with Gasteiger partial charge >= 0.3 is 0 Å². The van der Waals surface area contributed by atoms with Crippen molar-refractivity contribution in [1.82, 2.24) is 5.32 Å². The summed E-state index contributed by atoms with van der Waals surface area (Å²) in [6, 6.07) is 7.60.